The van der Waals surface area contributed by atoms with Crippen LogP contribution in [-0.2, 0) is 4.74 Å². The highest BCUT2D eigenvalue weighted by Gasteiger charge is 2.23. The molecular weight excluding hydrogens is 200 g/mol. The van der Waals surface area contributed by atoms with Gasteiger partial charge in [-0.3, -0.25) is 0 Å². The van der Waals surface area contributed by atoms with Crippen LogP contribution in [0.4, 0.5) is 0 Å². The van der Waals surface area contributed by atoms with Crippen LogP contribution in [-0.4, -0.2) is 17.8 Å². The van der Waals surface area contributed by atoms with Crippen molar-refractivity contribution in [2.45, 2.75) is 45.8 Å². The Balaban J connectivity index is 2.88. The third-order valence-corrected chi connectivity index (χ3v) is 3.03. The van der Waals surface area contributed by atoms with Crippen molar-refractivity contribution in [3.63, 3.8) is 0 Å². The Morgan fingerprint density at radius 1 is 1.31 bits per heavy atom. The average molecular weight is 222 g/mol. The van der Waals surface area contributed by atoms with Crippen LogP contribution in [0, 0.1) is 13.8 Å². The summed E-state index contributed by atoms with van der Waals surface area (Å²) in [6.07, 6.45) is 0.142. The van der Waals surface area contributed by atoms with Crippen molar-refractivity contribution >= 4 is 0 Å². The Hall–Kier alpha value is -0.860. The fourth-order valence-corrected chi connectivity index (χ4v) is 1.78. The number of benzene rings is 1. The highest BCUT2D eigenvalue weighted by Crippen LogP contribution is 2.28. The molecule has 2 heteroatoms. The van der Waals surface area contributed by atoms with E-state index in [9.17, 15) is 5.11 Å². The lowest BCUT2D eigenvalue weighted by Gasteiger charge is -2.26. The maximum atomic E-state index is 10.2. The number of aryl methyl sites for hydroxylation is 2. The van der Waals surface area contributed by atoms with Crippen LogP contribution < -0.4 is 0 Å². The first kappa shape index (κ1) is 13.2. The van der Waals surface area contributed by atoms with Crippen LogP contribution in [0.25, 0.3) is 0 Å². The molecule has 0 aliphatic rings. The van der Waals surface area contributed by atoms with Gasteiger partial charge in [-0.25, -0.2) is 0 Å². The van der Waals surface area contributed by atoms with E-state index in [1.54, 1.807) is 7.11 Å². The van der Waals surface area contributed by atoms with Gasteiger partial charge in [-0.2, -0.15) is 0 Å². The summed E-state index contributed by atoms with van der Waals surface area (Å²) in [5.41, 5.74) is 3.01. The highest BCUT2D eigenvalue weighted by molar-refractivity contribution is 5.32. The lowest BCUT2D eigenvalue weighted by atomic mass is 9.92. The molecule has 90 valence electrons. The molecule has 0 spiro atoms. The molecule has 0 amide bonds. The van der Waals surface area contributed by atoms with Gasteiger partial charge in [0.25, 0.3) is 0 Å². The zero-order valence-corrected chi connectivity index (χ0v) is 10.9. The monoisotopic (exact) mass is 222 g/mol. The second kappa shape index (κ2) is 4.98. The maximum Gasteiger partial charge on any atom is 0.0820 e. The first-order valence-electron chi connectivity index (χ1n) is 5.66. The Labute approximate surface area is 98.3 Å². The third-order valence-electron chi connectivity index (χ3n) is 3.03. The molecule has 1 aromatic rings. The van der Waals surface area contributed by atoms with E-state index in [4.69, 9.17) is 4.74 Å². The van der Waals surface area contributed by atoms with Crippen LogP contribution >= 0.6 is 0 Å². The van der Waals surface area contributed by atoms with E-state index >= 15 is 0 Å². The number of ether oxygens (including phenoxy) is 1. The number of aliphatic hydroxyl groups is 1. The molecule has 0 fully saturated rings. The topological polar surface area (TPSA) is 29.5 Å². The van der Waals surface area contributed by atoms with Crippen molar-refractivity contribution in [2.24, 2.45) is 0 Å². The fraction of sp³-hybridized carbons (Fsp3) is 0.571. The zero-order chi connectivity index (χ0) is 12.3. The van der Waals surface area contributed by atoms with Crippen molar-refractivity contribution < 1.29 is 9.84 Å². The number of methoxy groups -OCH3 is 1. The smallest absolute Gasteiger partial charge is 0.0820 e. The minimum atomic E-state index is -0.463. The van der Waals surface area contributed by atoms with Gasteiger partial charge in [-0.05, 0) is 38.8 Å². The molecule has 16 heavy (non-hydrogen) atoms. The summed E-state index contributed by atoms with van der Waals surface area (Å²) in [4.78, 5) is 0. The van der Waals surface area contributed by atoms with Gasteiger partial charge in [0.15, 0.2) is 0 Å². The molecule has 1 atom stereocenters. The minimum absolute atomic E-state index is 0.296. The first-order valence-corrected chi connectivity index (χ1v) is 5.66. The van der Waals surface area contributed by atoms with Gasteiger partial charge in [0.1, 0.15) is 0 Å². The van der Waals surface area contributed by atoms with Gasteiger partial charge in [-0.15, -0.1) is 0 Å². The van der Waals surface area contributed by atoms with Crippen LogP contribution in [0.1, 0.15) is 43.1 Å². The summed E-state index contributed by atoms with van der Waals surface area (Å²) in [5.74, 6) is 0. The molecule has 1 N–H and O–H groups in total. The number of aliphatic hydroxyl groups excluding tert-OH is 1. The number of hydrogen-bond donors (Lipinski definition) is 1. The summed E-state index contributed by atoms with van der Waals surface area (Å²) in [7, 11) is 1.68. The average Bonchev–Trinajstić information content (AvgIpc) is 2.21. The van der Waals surface area contributed by atoms with E-state index in [0.717, 1.165) is 11.1 Å². The molecule has 0 aliphatic carbocycles. The highest BCUT2D eigenvalue weighted by atomic mass is 16.5. The van der Waals surface area contributed by atoms with E-state index in [1.165, 1.54) is 5.56 Å². The molecular formula is C14H22O2. The van der Waals surface area contributed by atoms with Crippen LogP contribution in [0.5, 0.6) is 0 Å². The van der Waals surface area contributed by atoms with Crippen molar-refractivity contribution in [2.75, 3.05) is 7.11 Å². The fourth-order valence-electron chi connectivity index (χ4n) is 1.78. The molecule has 2 nitrogen and oxygen atoms in total. The summed E-state index contributed by atoms with van der Waals surface area (Å²) in [6.45, 7) is 8.04. The summed E-state index contributed by atoms with van der Waals surface area (Å²) < 4.78 is 5.34. The Bertz CT molecular complexity index is 356. The zero-order valence-electron chi connectivity index (χ0n) is 10.9. The largest absolute Gasteiger partial charge is 0.388 e. The van der Waals surface area contributed by atoms with E-state index < -0.39 is 6.10 Å². The van der Waals surface area contributed by atoms with Gasteiger partial charge in [0, 0.05) is 13.5 Å². The lowest BCUT2D eigenvalue weighted by molar-refractivity contribution is -0.0202. The van der Waals surface area contributed by atoms with E-state index in [2.05, 4.69) is 6.07 Å². The second-order valence-electron chi connectivity index (χ2n) is 5.04. The van der Waals surface area contributed by atoms with Gasteiger partial charge in [0.05, 0.1) is 11.7 Å². The second-order valence-corrected chi connectivity index (χ2v) is 5.04. The molecule has 1 aromatic carbocycles. The number of hydrogen-bond acceptors (Lipinski definition) is 2. The molecule has 0 aromatic heterocycles. The summed E-state index contributed by atoms with van der Waals surface area (Å²) in [5, 5.41) is 10.2. The van der Waals surface area contributed by atoms with Crippen LogP contribution in [0.15, 0.2) is 18.2 Å². The SMILES string of the molecule is COC(C)(C)CC(O)c1cc(C)ccc1C. The Morgan fingerprint density at radius 2 is 1.94 bits per heavy atom. The quantitative estimate of drug-likeness (QED) is 0.848. The molecule has 0 radical (unpaired) electrons. The lowest BCUT2D eigenvalue weighted by Crippen LogP contribution is -2.25. The van der Waals surface area contributed by atoms with Crippen LogP contribution in [0.2, 0.25) is 0 Å². The van der Waals surface area contributed by atoms with E-state index in [0.29, 0.717) is 6.42 Å². The first-order chi connectivity index (χ1) is 7.35. The maximum absolute atomic E-state index is 10.2. The summed E-state index contributed by atoms with van der Waals surface area (Å²) in [6, 6.07) is 6.16. The molecule has 0 heterocycles. The number of rotatable bonds is 4. The standard InChI is InChI=1S/C14H22O2/c1-10-6-7-11(2)12(8-10)13(15)9-14(3,4)16-5/h6-8,13,15H,9H2,1-5H3. The molecule has 0 saturated carbocycles. The van der Waals surface area contributed by atoms with Crippen molar-refractivity contribution in [1.82, 2.24) is 0 Å². The third kappa shape index (κ3) is 3.32. The van der Waals surface area contributed by atoms with Crippen molar-refractivity contribution in [3.05, 3.63) is 34.9 Å². The predicted molar refractivity (Wildman–Crippen MR) is 66.6 cm³/mol. The van der Waals surface area contributed by atoms with Crippen LogP contribution in [0.3, 0.4) is 0 Å². The minimum Gasteiger partial charge on any atom is -0.388 e. The molecule has 0 bridgehead atoms. The van der Waals surface area contributed by atoms with Gasteiger partial charge in [-0.1, -0.05) is 23.8 Å². The van der Waals surface area contributed by atoms with Crippen molar-refractivity contribution in [1.29, 1.82) is 0 Å². The van der Waals surface area contributed by atoms with E-state index in [1.807, 2.05) is 39.8 Å². The summed E-state index contributed by atoms with van der Waals surface area (Å²) >= 11 is 0. The van der Waals surface area contributed by atoms with Crippen molar-refractivity contribution in [3.8, 4) is 0 Å². The molecule has 1 rings (SSSR count). The normalized spacial score (nSPS) is 13.9. The van der Waals surface area contributed by atoms with E-state index in [-0.39, 0.29) is 5.60 Å². The molecule has 0 saturated heterocycles. The van der Waals surface area contributed by atoms with Gasteiger partial charge in [0.2, 0.25) is 0 Å². The van der Waals surface area contributed by atoms with Gasteiger partial charge >= 0.3 is 0 Å². The molecule has 1 unspecified atom stereocenters. The predicted octanol–water partition coefficient (Wildman–Crippen LogP) is 3.15. The Kier molecular flexibility index (Phi) is 4.11. The molecule has 0 aliphatic heterocycles. The van der Waals surface area contributed by atoms with Gasteiger partial charge < -0.3 is 9.84 Å². The Morgan fingerprint density at radius 3 is 2.50 bits per heavy atom.